The molecule has 0 radical (unpaired) electrons. The lowest BCUT2D eigenvalue weighted by molar-refractivity contribution is 0.196. The fourth-order valence-corrected chi connectivity index (χ4v) is 1.68. The van der Waals surface area contributed by atoms with E-state index in [0.29, 0.717) is 6.04 Å². The van der Waals surface area contributed by atoms with Crippen LogP contribution in [-0.2, 0) is 4.74 Å². The third-order valence-corrected chi connectivity index (χ3v) is 3.33. The summed E-state index contributed by atoms with van der Waals surface area (Å²) in [4.78, 5) is 0. The largest absolute Gasteiger partial charge is 0.383 e. The molecule has 2 nitrogen and oxygen atoms in total. The first-order chi connectivity index (χ1) is 7.15. The Kier molecular flexibility index (Phi) is 5.29. The Labute approximate surface area is 100 Å². The zero-order chi connectivity index (χ0) is 11.3. The van der Waals surface area contributed by atoms with E-state index in [4.69, 9.17) is 4.74 Å². The summed E-state index contributed by atoms with van der Waals surface area (Å²) in [5.74, 6) is 0. The second-order valence-electron chi connectivity index (χ2n) is 3.68. The molecule has 1 rings (SSSR count). The molecule has 84 valence electrons. The van der Waals surface area contributed by atoms with Crippen molar-refractivity contribution in [2.45, 2.75) is 19.9 Å². The van der Waals surface area contributed by atoms with Gasteiger partial charge in [0.05, 0.1) is 6.61 Å². The van der Waals surface area contributed by atoms with Crippen LogP contribution in [0.5, 0.6) is 0 Å². The predicted molar refractivity (Wildman–Crippen MR) is 67.2 cm³/mol. The normalized spacial score (nSPS) is 12.8. The standard InChI is InChI=1S/C12H18BrNO/c1-9-8-11(4-5-12(9)13)10(2)14-6-7-15-3/h4-5,8,10,14H,6-7H2,1-3H3. The van der Waals surface area contributed by atoms with Crippen LogP contribution in [-0.4, -0.2) is 20.3 Å². The Bertz CT molecular complexity index is 314. The third kappa shape index (κ3) is 3.93. The molecular weight excluding hydrogens is 254 g/mol. The molecule has 0 spiro atoms. The molecule has 1 unspecified atom stereocenters. The van der Waals surface area contributed by atoms with E-state index in [-0.39, 0.29) is 0 Å². The van der Waals surface area contributed by atoms with Gasteiger partial charge in [0.25, 0.3) is 0 Å². The highest BCUT2D eigenvalue weighted by molar-refractivity contribution is 9.10. The predicted octanol–water partition coefficient (Wildman–Crippen LogP) is 3.05. The van der Waals surface area contributed by atoms with Gasteiger partial charge in [-0.3, -0.25) is 0 Å². The van der Waals surface area contributed by atoms with Crippen molar-refractivity contribution in [3.8, 4) is 0 Å². The summed E-state index contributed by atoms with van der Waals surface area (Å²) in [5.41, 5.74) is 2.58. The molecular formula is C12H18BrNO. The third-order valence-electron chi connectivity index (χ3n) is 2.44. The lowest BCUT2D eigenvalue weighted by atomic mass is 10.1. The van der Waals surface area contributed by atoms with Crippen molar-refractivity contribution in [3.05, 3.63) is 33.8 Å². The van der Waals surface area contributed by atoms with Crippen molar-refractivity contribution in [2.75, 3.05) is 20.3 Å². The van der Waals surface area contributed by atoms with Gasteiger partial charge in [-0.25, -0.2) is 0 Å². The summed E-state index contributed by atoms with van der Waals surface area (Å²) >= 11 is 3.50. The molecule has 1 aromatic carbocycles. The molecule has 0 bridgehead atoms. The quantitative estimate of drug-likeness (QED) is 0.832. The molecule has 1 aromatic rings. The first kappa shape index (κ1) is 12.7. The van der Waals surface area contributed by atoms with Gasteiger partial charge in [-0.2, -0.15) is 0 Å². The SMILES string of the molecule is COCCNC(C)c1ccc(Br)c(C)c1. The molecule has 1 N–H and O–H groups in total. The first-order valence-electron chi connectivity index (χ1n) is 5.13. The maximum Gasteiger partial charge on any atom is 0.0587 e. The van der Waals surface area contributed by atoms with Gasteiger partial charge in [0.15, 0.2) is 0 Å². The smallest absolute Gasteiger partial charge is 0.0587 e. The molecule has 0 heterocycles. The highest BCUT2D eigenvalue weighted by atomic mass is 79.9. The Balaban J connectivity index is 2.57. The fourth-order valence-electron chi connectivity index (χ4n) is 1.43. The lowest BCUT2D eigenvalue weighted by Gasteiger charge is -2.14. The first-order valence-corrected chi connectivity index (χ1v) is 5.93. The number of aryl methyl sites for hydroxylation is 1. The average molecular weight is 272 g/mol. The van der Waals surface area contributed by atoms with E-state index in [2.05, 4.69) is 53.3 Å². The molecule has 0 saturated heterocycles. The molecule has 3 heteroatoms. The molecule has 1 atom stereocenters. The fraction of sp³-hybridized carbons (Fsp3) is 0.500. The Morgan fingerprint density at radius 2 is 2.20 bits per heavy atom. The van der Waals surface area contributed by atoms with E-state index < -0.39 is 0 Å². The second-order valence-corrected chi connectivity index (χ2v) is 4.53. The average Bonchev–Trinajstić information content (AvgIpc) is 2.22. The molecule has 0 aromatic heterocycles. The zero-order valence-corrected chi connectivity index (χ0v) is 11.1. The number of rotatable bonds is 5. The minimum atomic E-state index is 0.368. The van der Waals surface area contributed by atoms with Gasteiger partial charge in [0.2, 0.25) is 0 Å². The summed E-state index contributed by atoms with van der Waals surface area (Å²) < 4.78 is 6.16. The minimum absolute atomic E-state index is 0.368. The van der Waals surface area contributed by atoms with Crippen LogP contribution >= 0.6 is 15.9 Å². The van der Waals surface area contributed by atoms with Gasteiger partial charge in [-0.1, -0.05) is 28.1 Å². The summed E-state index contributed by atoms with van der Waals surface area (Å²) in [7, 11) is 1.72. The van der Waals surface area contributed by atoms with Crippen molar-refractivity contribution in [1.29, 1.82) is 0 Å². The molecule has 0 saturated carbocycles. The number of halogens is 1. The molecule has 0 aliphatic heterocycles. The van der Waals surface area contributed by atoms with Crippen molar-refractivity contribution >= 4 is 15.9 Å². The maximum atomic E-state index is 5.00. The highest BCUT2D eigenvalue weighted by Gasteiger charge is 2.05. The summed E-state index contributed by atoms with van der Waals surface area (Å²) in [6.45, 7) is 5.90. The van der Waals surface area contributed by atoms with Crippen LogP contribution in [0.1, 0.15) is 24.1 Å². The maximum absolute atomic E-state index is 5.00. The summed E-state index contributed by atoms with van der Waals surface area (Å²) in [6.07, 6.45) is 0. The summed E-state index contributed by atoms with van der Waals surface area (Å²) in [5, 5.41) is 3.41. The number of benzene rings is 1. The van der Waals surface area contributed by atoms with Gasteiger partial charge in [-0.05, 0) is 31.0 Å². The number of hydrogen-bond acceptors (Lipinski definition) is 2. The van der Waals surface area contributed by atoms with Crippen LogP contribution in [0, 0.1) is 6.92 Å². The number of nitrogens with one attached hydrogen (secondary N) is 1. The monoisotopic (exact) mass is 271 g/mol. The van der Waals surface area contributed by atoms with Gasteiger partial charge in [-0.15, -0.1) is 0 Å². The van der Waals surface area contributed by atoms with E-state index >= 15 is 0 Å². The van der Waals surface area contributed by atoms with Crippen LogP contribution in [0.25, 0.3) is 0 Å². The van der Waals surface area contributed by atoms with Gasteiger partial charge >= 0.3 is 0 Å². The van der Waals surface area contributed by atoms with Gasteiger partial charge in [0.1, 0.15) is 0 Å². The van der Waals surface area contributed by atoms with Crippen LogP contribution < -0.4 is 5.32 Å². The number of ether oxygens (including phenoxy) is 1. The Morgan fingerprint density at radius 3 is 2.80 bits per heavy atom. The summed E-state index contributed by atoms with van der Waals surface area (Å²) in [6, 6.07) is 6.81. The Hall–Kier alpha value is -0.380. The van der Waals surface area contributed by atoms with Crippen molar-refractivity contribution in [1.82, 2.24) is 5.32 Å². The van der Waals surface area contributed by atoms with E-state index in [9.17, 15) is 0 Å². The molecule has 0 fully saturated rings. The van der Waals surface area contributed by atoms with E-state index in [1.54, 1.807) is 7.11 Å². The topological polar surface area (TPSA) is 21.3 Å². The van der Waals surface area contributed by atoms with Gasteiger partial charge < -0.3 is 10.1 Å². The van der Waals surface area contributed by atoms with E-state index in [1.165, 1.54) is 11.1 Å². The van der Waals surface area contributed by atoms with Crippen LogP contribution in [0.2, 0.25) is 0 Å². The van der Waals surface area contributed by atoms with E-state index in [1.807, 2.05) is 0 Å². The van der Waals surface area contributed by atoms with Crippen LogP contribution in [0.3, 0.4) is 0 Å². The molecule has 0 aliphatic carbocycles. The number of hydrogen-bond donors (Lipinski definition) is 1. The van der Waals surface area contributed by atoms with Crippen molar-refractivity contribution in [3.63, 3.8) is 0 Å². The van der Waals surface area contributed by atoms with Crippen molar-refractivity contribution < 1.29 is 4.74 Å². The van der Waals surface area contributed by atoms with Crippen LogP contribution in [0.15, 0.2) is 22.7 Å². The van der Waals surface area contributed by atoms with Gasteiger partial charge in [0, 0.05) is 24.2 Å². The minimum Gasteiger partial charge on any atom is -0.383 e. The van der Waals surface area contributed by atoms with E-state index in [0.717, 1.165) is 17.6 Å². The van der Waals surface area contributed by atoms with Crippen molar-refractivity contribution in [2.24, 2.45) is 0 Å². The van der Waals surface area contributed by atoms with Crippen LogP contribution in [0.4, 0.5) is 0 Å². The lowest BCUT2D eigenvalue weighted by Crippen LogP contribution is -2.22. The second kappa shape index (κ2) is 6.26. The molecule has 0 amide bonds. The molecule has 0 aliphatic rings. The number of methoxy groups -OCH3 is 1. The zero-order valence-electron chi connectivity index (χ0n) is 9.51. The molecule has 15 heavy (non-hydrogen) atoms. The Morgan fingerprint density at radius 1 is 1.47 bits per heavy atom. The highest BCUT2D eigenvalue weighted by Crippen LogP contribution is 2.20.